The van der Waals surface area contributed by atoms with Gasteiger partial charge >= 0.3 is 0 Å². The van der Waals surface area contributed by atoms with Gasteiger partial charge in [0.15, 0.2) is 0 Å². The molecule has 21 heavy (non-hydrogen) atoms. The lowest BCUT2D eigenvalue weighted by atomic mass is 10.2. The third kappa shape index (κ3) is 6.42. The van der Waals surface area contributed by atoms with Crippen molar-refractivity contribution in [2.45, 2.75) is 26.3 Å². The highest BCUT2D eigenvalue weighted by atomic mass is 16.5. The number of pyridine rings is 1. The Morgan fingerprint density at radius 3 is 2.33 bits per heavy atom. The summed E-state index contributed by atoms with van der Waals surface area (Å²) in [5, 5.41) is 3.45. The highest BCUT2D eigenvalue weighted by molar-refractivity contribution is 5.44. The van der Waals surface area contributed by atoms with E-state index in [9.17, 15) is 0 Å². The van der Waals surface area contributed by atoms with Crippen molar-refractivity contribution in [3.8, 4) is 0 Å². The van der Waals surface area contributed by atoms with Crippen LogP contribution in [0.4, 0.5) is 5.69 Å². The van der Waals surface area contributed by atoms with E-state index in [0.29, 0.717) is 13.2 Å². The van der Waals surface area contributed by atoms with Gasteiger partial charge in [0, 0.05) is 33.4 Å². The average Bonchev–Trinajstić information content (AvgIpc) is 2.53. The van der Waals surface area contributed by atoms with Crippen LogP contribution in [0.3, 0.4) is 0 Å². The van der Waals surface area contributed by atoms with Crippen LogP contribution in [0.5, 0.6) is 0 Å². The van der Waals surface area contributed by atoms with E-state index in [1.807, 2.05) is 6.20 Å². The van der Waals surface area contributed by atoms with Crippen molar-refractivity contribution in [2.75, 3.05) is 52.0 Å². The molecule has 0 radical (unpaired) electrons. The Hall–Kier alpha value is -1.17. The number of ether oxygens (including phenoxy) is 2. The number of hydrogen-bond donors (Lipinski definition) is 1. The first-order valence-electron chi connectivity index (χ1n) is 7.65. The van der Waals surface area contributed by atoms with Crippen LogP contribution >= 0.6 is 0 Å². The highest BCUT2D eigenvalue weighted by Crippen LogP contribution is 2.16. The van der Waals surface area contributed by atoms with Gasteiger partial charge in [-0.2, -0.15) is 0 Å². The second-order valence-corrected chi connectivity index (χ2v) is 5.09. The van der Waals surface area contributed by atoms with Crippen molar-refractivity contribution in [1.29, 1.82) is 0 Å². The summed E-state index contributed by atoms with van der Waals surface area (Å²) in [7, 11) is 3.44. The molecule has 1 aromatic heterocycles. The van der Waals surface area contributed by atoms with Gasteiger partial charge in [-0.1, -0.05) is 6.92 Å². The van der Waals surface area contributed by atoms with Crippen LogP contribution in [0, 0.1) is 0 Å². The summed E-state index contributed by atoms with van der Waals surface area (Å²) in [5.74, 6) is 0. The Morgan fingerprint density at radius 2 is 1.86 bits per heavy atom. The zero-order valence-electron chi connectivity index (χ0n) is 13.8. The molecule has 1 unspecified atom stereocenters. The number of methoxy groups -OCH3 is 2. The highest BCUT2D eigenvalue weighted by Gasteiger charge is 2.09. The maximum Gasteiger partial charge on any atom is 0.0637 e. The smallest absolute Gasteiger partial charge is 0.0637 e. The SMILES string of the molecule is CCCNC(C)c1ccc(N(CCOC)CCOC)cn1. The summed E-state index contributed by atoms with van der Waals surface area (Å²) in [6.45, 7) is 8.39. The van der Waals surface area contributed by atoms with E-state index < -0.39 is 0 Å². The Kier molecular flexibility index (Phi) is 8.98. The average molecular weight is 295 g/mol. The van der Waals surface area contributed by atoms with Crippen LogP contribution in [0.1, 0.15) is 32.0 Å². The number of aromatic nitrogens is 1. The maximum absolute atomic E-state index is 5.17. The Labute approximate surface area is 128 Å². The predicted molar refractivity (Wildman–Crippen MR) is 86.9 cm³/mol. The lowest BCUT2D eigenvalue weighted by Crippen LogP contribution is -2.30. The summed E-state index contributed by atoms with van der Waals surface area (Å²) < 4.78 is 10.3. The van der Waals surface area contributed by atoms with E-state index in [0.717, 1.165) is 37.4 Å². The Morgan fingerprint density at radius 1 is 1.19 bits per heavy atom. The van der Waals surface area contributed by atoms with E-state index >= 15 is 0 Å². The van der Waals surface area contributed by atoms with Crippen molar-refractivity contribution < 1.29 is 9.47 Å². The quantitative estimate of drug-likeness (QED) is 0.678. The molecule has 0 aliphatic rings. The van der Waals surface area contributed by atoms with Gasteiger partial charge < -0.3 is 19.7 Å². The van der Waals surface area contributed by atoms with Crippen LogP contribution < -0.4 is 10.2 Å². The molecule has 0 saturated carbocycles. The standard InChI is InChI=1S/C16H29N3O2/c1-5-8-17-14(2)16-7-6-15(13-18-16)19(9-11-20-3)10-12-21-4/h6-7,13-14,17H,5,8-12H2,1-4H3. The van der Waals surface area contributed by atoms with E-state index in [2.05, 4.69) is 41.2 Å². The van der Waals surface area contributed by atoms with E-state index in [-0.39, 0.29) is 6.04 Å². The largest absolute Gasteiger partial charge is 0.383 e. The van der Waals surface area contributed by atoms with Gasteiger partial charge in [0.2, 0.25) is 0 Å². The summed E-state index contributed by atoms with van der Waals surface area (Å²) in [6, 6.07) is 4.50. The van der Waals surface area contributed by atoms with E-state index in [1.54, 1.807) is 14.2 Å². The molecule has 0 amide bonds. The third-order valence-corrected chi connectivity index (χ3v) is 3.41. The zero-order chi connectivity index (χ0) is 15.5. The number of nitrogens with zero attached hydrogens (tertiary/aromatic N) is 2. The van der Waals surface area contributed by atoms with Gasteiger partial charge in [-0.3, -0.25) is 4.98 Å². The van der Waals surface area contributed by atoms with Crippen LogP contribution in [0.2, 0.25) is 0 Å². The minimum absolute atomic E-state index is 0.283. The van der Waals surface area contributed by atoms with Crippen LogP contribution in [0.15, 0.2) is 18.3 Å². The van der Waals surface area contributed by atoms with Crippen molar-refractivity contribution in [3.05, 3.63) is 24.0 Å². The lowest BCUT2D eigenvalue weighted by molar-refractivity contribution is 0.190. The van der Waals surface area contributed by atoms with Gasteiger partial charge in [0.25, 0.3) is 0 Å². The number of nitrogens with one attached hydrogen (secondary N) is 1. The molecular formula is C16H29N3O2. The number of rotatable bonds is 11. The van der Waals surface area contributed by atoms with Gasteiger partial charge in [-0.25, -0.2) is 0 Å². The molecule has 1 N–H and O–H groups in total. The second-order valence-electron chi connectivity index (χ2n) is 5.09. The summed E-state index contributed by atoms with van der Waals surface area (Å²) in [5.41, 5.74) is 2.18. The molecular weight excluding hydrogens is 266 g/mol. The number of hydrogen-bond acceptors (Lipinski definition) is 5. The molecule has 0 spiro atoms. The second kappa shape index (κ2) is 10.5. The zero-order valence-corrected chi connectivity index (χ0v) is 13.8. The Balaban J connectivity index is 2.67. The lowest BCUT2D eigenvalue weighted by Gasteiger charge is -2.24. The fourth-order valence-electron chi connectivity index (χ4n) is 2.08. The fraction of sp³-hybridized carbons (Fsp3) is 0.688. The normalized spacial score (nSPS) is 12.4. The molecule has 1 aromatic rings. The van der Waals surface area contributed by atoms with Gasteiger partial charge in [-0.05, 0) is 32.0 Å². The van der Waals surface area contributed by atoms with Crippen LogP contribution in [-0.4, -0.2) is 52.1 Å². The van der Waals surface area contributed by atoms with E-state index in [4.69, 9.17) is 9.47 Å². The van der Waals surface area contributed by atoms with Crippen molar-refractivity contribution in [2.24, 2.45) is 0 Å². The minimum Gasteiger partial charge on any atom is -0.383 e. The van der Waals surface area contributed by atoms with Crippen molar-refractivity contribution in [3.63, 3.8) is 0 Å². The molecule has 0 saturated heterocycles. The Bertz CT molecular complexity index is 362. The number of anilines is 1. The topological polar surface area (TPSA) is 46.6 Å². The first-order valence-corrected chi connectivity index (χ1v) is 7.65. The first kappa shape index (κ1) is 17.9. The minimum atomic E-state index is 0.283. The maximum atomic E-state index is 5.17. The van der Waals surface area contributed by atoms with Gasteiger partial charge in [0.1, 0.15) is 0 Å². The molecule has 5 heteroatoms. The monoisotopic (exact) mass is 295 g/mol. The molecule has 0 aliphatic heterocycles. The van der Waals surface area contributed by atoms with Crippen molar-refractivity contribution >= 4 is 5.69 Å². The molecule has 0 aromatic carbocycles. The molecule has 0 fully saturated rings. The van der Waals surface area contributed by atoms with Gasteiger partial charge in [0.05, 0.1) is 30.8 Å². The molecule has 5 nitrogen and oxygen atoms in total. The molecule has 0 bridgehead atoms. The fourth-order valence-corrected chi connectivity index (χ4v) is 2.08. The van der Waals surface area contributed by atoms with Crippen molar-refractivity contribution in [1.82, 2.24) is 10.3 Å². The van der Waals surface area contributed by atoms with Crippen LogP contribution in [-0.2, 0) is 9.47 Å². The molecule has 0 aliphatic carbocycles. The summed E-state index contributed by atoms with van der Waals surface area (Å²) in [6.07, 6.45) is 3.06. The third-order valence-electron chi connectivity index (χ3n) is 3.41. The van der Waals surface area contributed by atoms with E-state index in [1.165, 1.54) is 0 Å². The van der Waals surface area contributed by atoms with Gasteiger partial charge in [-0.15, -0.1) is 0 Å². The molecule has 120 valence electrons. The summed E-state index contributed by atoms with van der Waals surface area (Å²) >= 11 is 0. The van der Waals surface area contributed by atoms with Crippen LogP contribution in [0.25, 0.3) is 0 Å². The molecule has 1 heterocycles. The molecule has 1 atom stereocenters. The molecule has 1 rings (SSSR count). The first-order chi connectivity index (χ1) is 10.2. The summed E-state index contributed by atoms with van der Waals surface area (Å²) in [4.78, 5) is 6.81. The predicted octanol–water partition coefficient (Wildman–Crippen LogP) is 2.24.